The number of hydrogen-bond acceptors (Lipinski definition) is 4. The molecule has 0 aliphatic rings. The fraction of sp³-hybridized carbons (Fsp3) is 0.278. The number of amides is 2. The monoisotopic (exact) mass is 679 g/mol. The maximum atomic E-state index is 14.5. The van der Waals surface area contributed by atoms with E-state index >= 15 is 0 Å². The van der Waals surface area contributed by atoms with Gasteiger partial charge in [0.05, 0.1) is 10.6 Å². The Morgan fingerprint density at radius 2 is 1.35 bits per heavy atom. The molecule has 0 radical (unpaired) electrons. The van der Waals surface area contributed by atoms with Crippen LogP contribution in [-0.2, 0) is 32.6 Å². The smallest absolute Gasteiger partial charge is 0.264 e. The molecular weight excluding hydrogens is 641 g/mol. The van der Waals surface area contributed by atoms with Crippen molar-refractivity contribution >= 4 is 50.7 Å². The molecule has 0 saturated carbocycles. The molecule has 7 nitrogen and oxygen atoms in total. The fourth-order valence-electron chi connectivity index (χ4n) is 4.92. The van der Waals surface area contributed by atoms with E-state index in [1.54, 1.807) is 12.1 Å². The predicted molar refractivity (Wildman–Crippen MR) is 186 cm³/mol. The van der Waals surface area contributed by atoms with E-state index in [9.17, 15) is 18.0 Å². The Balaban J connectivity index is 1.82. The summed E-state index contributed by atoms with van der Waals surface area (Å²) in [4.78, 5) is 29.9. The van der Waals surface area contributed by atoms with E-state index in [4.69, 9.17) is 23.2 Å². The standard InChI is InChI=1S/C36H39Cl2N3O4S/c1-25(2)22-39-36(43)34(18-28-8-6-5-7-9-28)40(23-29-14-10-26(3)11-15-29)35(42)24-41(32-20-30(37)19-31(38)21-32)46(44,45)33-16-12-27(4)13-17-33/h5-17,19-21,25,34H,18,22-24H2,1-4H3,(H,39,43)/t34-/m1/s1. The number of aryl methyl sites for hydroxylation is 2. The molecule has 0 spiro atoms. The number of carbonyl (C=O) groups excluding carboxylic acids is 2. The van der Waals surface area contributed by atoms with Gasteiger partial charge in [-0.05, 0) is 61.2 Å². The summed E-state index contributed by atoms with van der Waals surface area (Å²) in [5.74, 6) is -0.699. The van der Waals surface area contributed by atoms with E-state index in [1.165, 1.54) is 35.2 Å². The molecule has 0 fully saturated rings. The third-order valence-electron chi connectivity index (χ3n) is 7.45. The molecular formula is C36H39Cl2N3O4S. The van der Waals surface area contributed by atoms with Crippen molar-refractivity contribution in [2.45, 2.75) is 51.6 Å². The van der Waals surface area contributed by atoms with Crippen LogP contribution in [0.4, 0.5) is 5.69 Å². The van der Waals surface area contributed by atoms with Crippen LogP contribution in [0.3, 0.4) is 0 Å². The number of nitrogens with one attached hydrogen (secondary N) is 1. The fourth-order valence-corrected chi connectivity index (χ4v) is 6.83. The first-order valence-electron chi connectivity index (χ1n) is 15.1. The Labute approximate surface area is 282 Å². The van der Waals surface area contributed by atoms with Gasteiger partial charge in [-0.1, -0.05) is 115 Å². The van der Waals surface area contributed by atoms with Gasteiger partial charge in [-0.15, -0.1) is 0 Å². The van der Waals surface area contributed by atoms with Crippen molar-refractivity contribution in [2.75, 3.05) is 17.4 Å². The summed E-state index contributed by atoms with van der Waals surface area (Å²) in [6, 6.07) is 27.0. The van der Waals surface area contributed by atoms with Crippen LogP contribution < -0.4 is 9.62 Å². The normalized spacial score (nSPS) is 12.1. The van der Waals surface area contributed by atoms with E-state index in [-0.39, 0.29) is 45.4 Å². The number of anilines is 1. The highest BCUT2D eigenvalue weighted by atomic mass is 35.5. The highest BCUT2D eigenvalue weighted by molar-refractivity contribution is 7.92. The Morgan fingerprint density at radius 3 is 1.91 bits per heavy atom. The first-order valence-corrected chi connectivity index (χ1v) is 17.2. The molecule has 0 bridgehead atoms. The molecule has 0 saturated heterocycles. The number of rotatable bonds is 13. The molecule has 4 aromatic rings. The average Bonchev–Trinajstić information content (AvgIpc) is 3.01. The number of hydrogen-bond donors (Lipinski definition) is 1. The molecule has 1 N–H and O–H groups in total. The second kappa shape index (κ2) is 15.6. The zero-order valence-electron chi connectivity index (χ0n) is 26.4. The largest absolute Gasteiger partial charge is 0.354 e. The van der Waals surface area contributed by atoms with E-state index in [0.717, 1.165) is 26.6 Å². The summed E-state index contributed by atoms with van der Waals surface area (Å²) in [7, 11) is -4.27. The molecule has 0 heterocycles. The summed E-state index contributed by atoms with van der Waals surface area (Å²) in [5.41, 5.74) is 3.72. The van der Waals surface area contributed by atoms with Gasteiger partial charge in [0.1, 0.15) is 12.6 Å². The summed E-state index contributed by atoms with van der Waals surface area (Å²) in [6.07, 6.45) is 0.232. The minimum Gasteiger partial charge on any atom is -0.354 e. The van der Waals surface area contributed by atoms with Gasteiger partial charge in [0.2, 0.25) is 11.8 Å². The minimum atomic E-state index is -4.27. The van der Waals surface area contributed by atoms with Crippen molar-refractivity contribution in [3.8, 4) is 0 Å². The van der Waals surface area contributed by atoms with Crippen LogP contribution >= 0.6 is 23.2 Å². The van der Waals surface area contributed by atoms with E-state index in [2.05, 4.69) is 5.32 Å². The summed E-state index contributed by atoms with van der Waals surface area (Å²) in [6.45, 7) is 7.72. The maximum absolute atomic E-state index is 14.5. The Kier molecular flexibility index (Phi) is 11.9. The average molecular weight is 681 g/mol. The van der Waals surface area contributed by atoms with Crippen LogP contribution in [0.2, 0.25) is 10.0 Å². The topological polar surface area (TPSA) is 86.8 Å². The van der Waals surface area contributed by atoms with Crippen molar-refractivity contribution in [2.24, 2.45) is 5.92 Å². The van der Waals surface area contributed by atoms with Crippen molar-refractivity contribution in [3.05, 3.63) is 129 Å². The molecule has 1 atom stereocenters. The Bertz CT molecular complexity index is 1730. The molecule has 0 aliphatic carbocycles. The number of benzene rings is 4. The Hall–Kier alpha value is -3.85. The van der Waals surface area contributed by atoms with Gasteiger partial charge >= 0.3 is 0 Å². The van der Waals surface area contributed by atoms with Gasteiger partial charge in [0.15, 0.2) is 0 Å². The predicted octanol–water partition coefficient (Wildman–Crippen LogP) is 7.22. The van der Waals surface area contributed by atoms with Crippen molar-refractivity contribution in [3.63, 3.8) is 0 Å². The highest BCUT2D eigenvalue weighted by Gasteiger charge is 2.35. The maximum Gasteiger partial charge on any atom is 0.264 e. The highest BCUT2D eigenvalue weighted by Crippen LogP contribution is 2.30. The molecule has 2 amide bonds. The lowest BCUT2D eigenvalue weighted by Gasteiger charge is -2.34. The van der Waals surface area contributed by atoms with Gasteiger partial charge in [-0.2, -0.15) is 0 Å². The second-order valence-corrected chi connectivity index (χ2v) is 14.5. The SMILES string of the molecule is Cc1ccc(CN(C(=O)CN(c2cc(Cl)cc(Cl)c2)S(=O)(=O)c2ccc(C)cc2)[C@H](Cc2ccccc2)C(=O)NCC(C)C)cc1. The minimum absolute atomic E-state index is 0.00240. The quantitative estimate of drug-likeness (QED) is 0.162. The van der Waals surface area contributed by atoms with Crippen LogP contribution in [0.15, 0.2) is 102 Å². The van der Waals surface area contributed by atoms with Crippen LogP contribution in [0.1, 0.15) is 36.1 Å². The lowest BCUT2D eigenvalue weighted by atomic mass is 10.0. The van der Waals surface area contributed by atoms with Crippen LogP contribution in [0.25, 0.3) is 0 Å². The van der Waals surface area contributed by atoms with Crippen LogP contribution in [0, 0.1) is 19.8 Å². The molecule has 0 aliphatic heterocycles. The summed E-state index contributed by atoms with van der Waals surface area (Å²) in [5, 5.41) is 3.42. The van der Waals surface area contributed by atoms with Crippen molar-refractivity contribution < 1.29 is 18.0 Å². The van der Waals surface area contributed by atoms with Gasteiger partial charge in [-0.3, -0.25) is 13.9 Å². The molecule has 46 heavy (non-hydrogen) atoms. The third-order valence-corrected chi connectivity index (χ3v) is 9.68. The molecule has 0 aromatic heterocycles. The van der Waals surface area contributed by atoms with Crippen LogP contribution in [-0.4, -0.2) is 44.3 Å². The summed E-state index contributed by atoms with van der Waals surface area (Å²) >= 11 is 12.6. The zero-order chi connectivity index (χ0) is 33.4. The lowest BCUT2D eigenvalue weighted by Crippen LogP contribution is -2.53. The third kappa shape index (κ3) is 9.34. The molecule has 4 aromatic carbocycles. The van der Waals surface area contributed by atoms with Crippen LogP contribution in [0.5, 0.6) is 0 Å². The zero-order valence-corrected chi connectivity index (χ0v) is 28.7. The molecule has 10 heteroatoms. The van der Waals surface area contributed by atoms with Gasteiger partial charge in [0, 0.05) is 29.6 Å². The van der Waals surface area contributed by atoms with E-state index in [1.807, 2.05) is 82.3 Å². The van der Waals surface area contributed by atoms with Gasteiger partial charge < -0.3 is 10.2 Å². The number of carbonyl (C=O) groups is 2. The molecule has 4 rings (SSSR count). The first-order chi connectivity index (χ1) is 21.8. The second-order valence-electron chi connectivity index (χ2n) is 11.8. The molecule has 0 unspecified atom stereocenters. The lowest BCUT2D eigenvalue weighted by molar-refractivity contribution is -0.140. The number of nitrogens with zero attached hydrogens (tertiary/aromatic N) is 2. The van der Waals surface area contributed by atoms with Crippen molar-refractivity contribution in [1.82, 2.24) is 10.2 Å². The summed E-state index contributed by atoms with van der Waals surface area (Å²) < 4.78 is 29.4. The van der Waals surface area contributed by atoms with E-state index < -0.39 is 28.5 Å². The number of sulfonamides is 1. The van der Waals surface area contributed by atoms with Gasteiger partial charge in [0.25, 0.3) is 10.0 Å². The van der Waals surface area contributed by atoms with Crippen molar-refractivity contribution in [1.29, 1.82) is 0 Å². The Morgan fingerprint density at radius 1 is 0.783 bits per heavy atom. The van der Waals surface area contributed by atoms with Gasteiger partial charge in [-0.25, -0.2) is 8.42 Å². The first kappa shape index (κ1) is 35.0. The van der Waals surface area contributed by atoms with E-state index in [0.29, 0.717) is 6.54 Å². The number of halogens is 2. The molecule has 242 valence electrons.